The van der Waals surface area contributed by atoms with Gasteiger partial charge in [-0.3, -0.25) is 4.79 Å². The number of thioether (sulfide) groups is 1. The summed E-state index contributed by atoms with van der Waals surface area (Å²) in [5.74, 6) is -0.239. The molecule has 0 saturated heterocycles. The van der Waals surface area contributed by atoms with Crippen molar-refractivity contribution in [1.82, 2.24) is 4.90 Å². The Morgan fingerprint density at radius 3 is 2.40 bits per heavy atom. The van der Waals surface area contributed by atoms with Gasteiger partial charge in [0.25, 0.3) is 5.91 Å². The lowest BCUT2D eigenvalue weighted by molar-refractivity contribution is 0.0762. The predicted molar refractivity (Wildman–Crippen MR) is 79.6 cm³/mol. The molecule has 104 valence electrons. The third kappa shape index (κ3) is 4.45. The minimum atomic E-state index is -0.239. The zero-order valence-electron chi connectivity index (χ0n) is 11.1. The van der Waals surface area contributed by atoms with E-state index in [9.17, 15) is 4.79 Å². The van der Waals surface area contributed by atoms with Crippen LogP contribution in [0.4, 0.5) is 0 Å². The Morgan fingerprint density at radius 1 is 1.30 bits per heavy atom. The number of rotatable bonds is 6. The maximum absolute atomic E-state index is 12.5. The highest BCUT2D eigenvalue weighted by molar-refractivity contribution is 7.98. The van der Waals surface area contributed by atoms with Crippen molar-refractivity contribution in [2.45, 2.75) is 17.7 Å². The van der Waals surface area contributed by atoms with Gasteiger partial charge in [0.1, 0.15) is 0 Å². The van der Waals surface area contributed by atoms with Crippen molar-refractivity contribution in [3.05, 3.63) is 28.8 Å². The van der Waals surface area contributed by atoms with Crippen molar-refractivity contribution in [3.63, 3.8) is 0 Å². The molecule has 0 heterocycles. The molecule has 4 nitrogen and oxygen atoms in total. The van der Waals surface area contributed by atoms with E-state index >= 15 is 0 Å². The molecule has 0 radical (unpaired) electrons. The predicted octanol–water partition coefficient (Wildman–Crippen LogP) is 3.33. The van der Waals surface area contributed by atoms with Gasteiger partial charge in [0.2, 0.25) is 0 Å². The molecule has 0 aliphatic carbocycles. The number of amides is 1. The van der Waals surface area contributed by atoms with Crippen LogP contribution in [-0.4, -0.2) is 30.2 Å². The fourth-order valence-electron chi connectivity index (χ4n) is 1.65. The van der Waals surface area contributed by atoms with Crippen LogP contribution < -0.4 is 0 Å². The average molecular weight is 308 g/mol. The molecule has 0 aliphatic rings. The van der Waals surface area contributed by atoms with Crippen LogP contribution in [0, 0.1) is 22.7 Å². The normalized spacial score (nSPS) is 9.60. The summed E-state index contributed by atoms with van der Waals surface area (Å²) in [4.78, 5) is 14.9. The molecule has 6 heteroatoms. The number of benzene rings is 1. The summed E-state index contributed by atoms with van der Waals surface area (Å²) in [6, 6.07) is 9.28. The number of halogens is 1. The topological polar surface area (TPSA) is 67.9 Å². The van der Waals surface area contributed by atoms with Crippen LogP contribution in [0.3, 0.4) is 0 Å². The van der Waals surface area contributed by atoms with Crippen LogP contribution in [-0.2, 0) is 0 Å². The van der Waals surface area contributed by atoms with E-state index in [0.29, 0.717) is 23.7 Å². The Hall–Kier alpha value is -1.69. The summed E-state index contributed by atoms with van der Waals surface area (Å²) in [6.45, 7) is 0.605. The molecule has 1 rings (SSSR count). The van der Waals surface area contributed by atoms with E-state index in [1.54, 1.807) is 12.1 Å². The van der Waals surface area contributed by atoms with E-state index in [2.05, 4.69) is 0 Å². The molecular formula is C14H14ClN3OS. The van der Waals surface area contributed by atoms with Gasteiger partial charge in [-0.05, 0) is 24.5 Å². The molecule has 1 aromatic carbocycles. The van der Waals surface area contributed by atoms with Gasteiger partial charge in [0.15, 0.2) is 0 Å². The summed E-state index contributed by atoms with van der Waals surface area (Å²) in [5.41, 5.74) is 0.411. The zero-order chi connectivity index (χ0) is 15.0. The lowest BCUT2D eigenvalue weighted by Crippen LogP contribution is -2.33. The monoisotopic (exact) mass is 307 g/mol. The average Bonchev–Trinajstić information content (AvgIpc) is 2.47. The smallest absolute Gasteiger partial charge is 0.255 e. The van der Waals surface area contributed by atoms with Gasteiger partial charge in [-0.1, -0.05) is 11.6 Å². The second kappa shape index (κ2) is 8.47. The van der Waals surface area contributed by atoms with Crippen molar-refractivity contribution in [1.29, 1.82) is 10.5 Å². The molecular weight excluding hydrogens is 294 g/mol. The van der Waals surface area contributed by atoms with Crippen LogP contribution in [0.25, 0.3) is 0 Å². The second-order valence-corrected chi connectivity index (χ2v) is 5.24. The van der Waals surface area contributed by atoms with Gasteiger partial charge in [-0.25, -0.2) is 0 Å². The van der Waals surface area contributed by atoms with Gasteiger partial charge < -0.3 is 4.90 Å². The molecule has 0 aliphatic heterocycles. The highest BCUT2D eigenvalue weighted by Crippen LogP contribution is 2.24. The van der Waals surface area contributed by atoms with E-state index in [4.69, 9.17) is 22.1 Å². The molecule has 20 heavy (non-hydrogen) atoms. The van der Waals surface area contributed by atoms with E-state index in [1.807, 2.05) is 24.5 Å². The molecule has 0 saturated carbocycles. The largest absolute Gasteiger partial charge is 0.337 e. The van der Waals surface area contributed by atoms with Crippen molar-refractivity contribution in [3.8, 4) is 12.1 Å². The third-order valence-corrected chi connectivity index (χ3v) is 3.73. The first-order chi connectivity index (χ1) is 9.63. The highest BCUT2D eigenvalue weighted by atomic mass is 35.5. The summed E-state index contributed by atoms with van der Waals surface area (Å²) in [6.07, 6.45) is 2.38. The van der Waals surface area contributed by atoms with Gasteiger partial charge in [0.05, 0.1) is 35.6 Å². The second-order valence-electron chi connectivity index (χ2n) is 3.95. The number of hydrogen-bond acceptors (Lipinski definition) is 4. The molecule has 0 bridgehead atoms. The SMILES string of the molecule is CSc1ccc(Cl)c(C(=O)N(CCC#N)CCC#N)c1. The lowest BCUT2D eigenvalue weighted by Gasteiger charge is -2.21. The molecule has 0 fully saturated rings. The summed E-state index contributed by atoms with van der Waals surface area (Å²) < 4.78 is 0. The minimum Gasteiger partial charge on any atom is -0.337 e. The molecule has 1 aromatic rings. The Kier molecular flexibility index (Phi) is 6.93. The first-order valence-corrected chi connectivity index (χ1v) is 7.61. The van der Waals surface area contributed by atoms with Crippen LogP contribution in [0.1, 0.15) is 23.2 Å². The van der Waals surface area contributed by atoms with E-state index < -0.39 is 0 Å². The number of carbonyl (C=O) groups excluding carboxylic acids is 1. The van der Waals surface area contributed by atoms with E-state index in [1.165, 1.54) is 16.7 Å². The van der Waals surface area contributed by atoms with Crippen LogP contribution in [0.2, 0.25) is 5.02 Å². The quantitative estimate of drug-likeness (QED) is 0.756. The maximum Gasteiger partial charge on any atom is 0.255 e. The number of nitrogens with zero attached hydrogens (tertiary/aromatic N) is 3. The summed E-state index contributed by atoms with van der Waals surface area (Å²) in [7, 11) is 0. The molecule has 0 aromatic heterocycles. The maximum atomic E-state index is 12.5. The number of nitriles is 2. The molecule has 0 atom stereocenters. The molecule has 1 amide bonds. The molecule has 0 unspecified atom stereocenters. The zero-order valence-corrected chi connectivity index (χ0v) is 12.7. The molecule has 0 N–H and O–H groups in total. The van der Waals surface area contributed by atoms with Crippen molar-refractivity contribution in [2.24, 2.45) is 0 Å². The van der Waals surface area contributed by atoms with E-state index in [-0.39, 0.29) is 18.7 Å². The third-order valence-electron chi connectivity index (χ3n) is 2.68. The molecule has 0 spiro atoms. The van der Waals surface area contributed by atoms with Crippen molar-refractivity contribution in [2.75, 3.05) is 19.3 Å². The first-order valence-electron chi connectivity index (χ1n) is 6.00. The Morgan fingerprint density at radius 2 is 1.90 bits per heavy atom. The fourth-order valence-corrected chi connectivity index (χ4v) is 2.29. The van der Waals surface area contributed by atoms with Crippen molar-refractivity contribution < 1.29 is 4.79 Å². The van der Waals surface area contributed by atoms with Gasteiger partial charge in [-0.2, -0.15) is 10.5 Å². The standard InChI is InChI=1S/C14H14ClN3OS/c1-20-11-4-5-13(15)12(10-11)14(19)18(8-2-6-16)9-3-7-17/h4-5,10H,2-3,8-9H2,1H3. The Bertz CT molecular complexity index is 545. The first kappa shape index (κ1) is 16.4. The number of carbonyl (C=O) groups is 1. The van der Waals surface area contributed by atoms with Gasteiger partial charge >= 0.3 is 0 Å². The van der Waals surface area contributed by atoms with Gasteiger partial charge in [0, 0.05) is 18.0 Å². The van der Waals surface area contributed by atoms with Crippen LogP contribution in [0.5, 0.6) is 0 Å². The fraction of sp³-hybridized carbons (Fsp3) is 0.357. The highest BCUT2D eigenvalue weighted by Gasteiger charge is 2.18. The Balaban J connectivity index is 2.98. The summed E-state index contributed by atoms with van der Waals surface area (Å²) >= 11 is 7.60. The minimum absolute atomic E-state index is 0.233. The summed E-state index contributed by atoms with van der Waals surface area (Å²) in [5, 5.41) is 17.7. The van der Waals surface area contributed by atoms with Crippen LogP contribution in [0.15, 0.2) is 23.1 Å². The number of hydrogen-bond donors (Lipinski definition) is 0. The van der Waals surface area contributed by atoms with Gasteiger partial charge in [-0.15, -0.1) is 11.8 Å². The van der Waals surface area contributed by atoms with Crippen molar-refractivity contribution >= 4 is 29.3 Å². The lowest BCUT2D eigenvalue weighted by atomic mass is 10.2. The Labute approximate surface area is 127 Å². The van der Waals surface area contributed by atoms with E-state index in [0.717, 1.165) is 4.90 Å². The van der Waals surface area contributed by atoms with Crippen LogP contribution >= 0.6 is 23.4 Å².